The quantitative estimate of drug-likeness (QED) is 0.449. The van der Waals surface area contributed by atoms with E-state index >= 15 is 0 Å². The Labute approximate surface area is 121 Å². The van der Waals surface area contributed by atoms with Gasteiger partial charge in [-0.2, -0.15) is 0 Å². The first-order valence-corrected chi connectivity index (χ1v) is 6.87. The highest BCUT2D eigenvalue weighted by Crippen LogP contribution is 2.10. The van der Waals surface area contributed by atoms with Gasteiger partial charge in [0.15, 0.2) is 0 Å². The number of carbonyl (C=O) groups excluding carboxylic acids is 1. The van der Waals surface area contributed by atoms with Gasteiger partial charge in [-0.15, -0.1) is 0 Å². The zero-order valence-electron chi connectivity index (χ0n) is 12.6. The number of hydrogen-bond acceptors (Lipinski definition) is 4. The number of anilines is 1. The molecule has 0 aliphatic carbocycles. The van der Waals surface area contributed by atoms with E-state index in [1.54, 1.807) is 6.92 Å². The lowest BCUT2D eigenvalue weighted by Crippen LogP contribution is -2.24. The lowest BCUT2D eigenvalue weighted by atomic mass is 10.2. The van der Waals surface area contributed by atoms with Crippen LogP contribution in [0.3, 0.4) is 0 Å². The van der Waals surface area contributed by atoms with Gasteiger partial charge < -0.3 is 15.0 Å². The highest BCUT2D eigenvalue weighted by Gasteiger charge is 2.01. The molecule has 1 N–H and O–H groups in total. The SMILES string of the molecule is COC(=O)/C(C)=C/CNCCCN(C)c1ccccc1. The molecule has 4 heteroatoms. The Hall–Kier alpha value is -1.81. The summed E-state index contributed by atoms with van der Waals surface area (Å²) >= 11 is 0. The first-order valence-electron chi connectivity index (χ1n) is 6.87. The van der Waals surface area contributed by atoms with Crippen molar-refractivity contribution in [3.8, 4) is 0 Å². The predicted molar refractivity (Wildman–Crippen MR) is 83.0 cm³/mol. The van der Waals surface area contributed by atoms with E-state index in [9.17, 15) is 4.79 Å². The number of rotatable bonds is 8. The zero-order valence-corrected chi connectivity index (χ0v) is 12.6. The highest BCUT2D eigenvalue weighted by molar-refractivity contribution is 5.87. The molecule has 0 aliphatic heterocycles. The third kappa shape index (κ3) is 5.89. The first kappa shape index (κ1) is 16.2. The fraction of sp³-hybridized carbons (Fsp3) is 0.438. The Kier molecular flexibility index (Phi) is 7.43. The average Bonchev–Trinajstić information content (AvgIpc) is 2.50. The Morgan fingerprint density at radius 2 is 2.05 bits per heavy atom. The molecular formula is C16H24N2O2. The Balaban J connectivity index is 2.15. The van der Waals surface area contributed by atoms with Crippen molar-refractivity contribution >= 4 is 11.7 Å². The van der Waals surface area contributed by atoms with Gasteiger partial charge in [0.1, 0.15) is 0 Å². The van der Waals surface area contributed by atoms with E-state index < -0.39 is 0 Å². The van der Waals surface area contributed by atoms with Crippen LogP contribution in [0.4, 0.5) is 5.69 Å². The van der Waals surface area contributed by atoms with Crippen molar-refractivity contribution < 1.29 is 9.53 Å². The van der Waals surface area contributed by atoms with Gasteiger partial charge in [-0.25, -0.2) is 4.79 Å². The molecule has 0 amide bonds. The molecule has 0 radical (unpaired) electrons. The number of hydrogen-bond donors (Lipinski definition) is 1. The van der Waals surface area contributed by atoms with E-state index in [1.165, 1.54) is 12.8 Å². The number of ether oxygens (including phenoxy) is 1. The predicted octanol–water partition coefficient (Wildman–Crippen LogP) is 2.22. The molecule has 0 saturated carbocycles. The molecule has 1 aromatic rings. The minimum Gasteiger partial charge on any atom is -0.466 e. The summed E-state index contributed by atoms with van der Waals surface area (Å²) in [6.07, 6.45) is 2.91. The first-order chi connectivity index (χ1) is 9.65. The maximum atomic E-state index is 11.2. The summed E-state index contributed by atoms with van der Waals surface area (Å²) in [5.74, 6) is -0.268. The summed E-state index contributed by atoms with van der Waals surface area (Å²) in [6, 6.07) is 10.3. The molecule has 4 nitrogen and oxygen atoms in total. The van der Waals surface area contributed by atoms with E-state index in [2.05, 4.69) is 34.1 Å². The van der Waals surface area contributed by atoms with Crippen molar-refractivity contribution in [2.75, 3.05) is 38.7 Å². The van der Waals surface area contributed by atoms with Gasteiger partial charge in [0.05, 0.1) is 7.11 Å². The maximum absolute atomic E-state index is 11.2. The van der Waals surface area contributed by atoms with E-state index in [4.69, 9.17) is 0 Å². The molecule has 0 spiro atoms. The van der Waals surface area contributed by atoms with Crippen molar-refractivity contribution in [1.29, 1.82) is 0 Å². The second-order valence-corrected chi connectivity index (χ2v) is 4.69. The van der Waals surface area contributed by atoms with E-state index in [1.807, 2.05) is 24.3 Å². The number of esters is 1. The number of methoxy groups -OCH3 is 1. The monoisotopic (exact) mass is 276 g/mol. The van der Waals surface area contributed by atoms with Crippen molar-refractivity contribution in [3.05, 3.63) is 42.0 Å². The summed E-state index contributed by atoms with van der Waals surface area (Å²) in [5.41, 5.74) is 1.87. The third-order valence-corrected chi connectivity index (χ3v) is 3.10. The molecule has 110 valence electrons. The summed E-state index contributed by atoms with van der Waals surface area (Å²) in [4.78, 5) is 13.4. The molecule has 1 rings (SSSR count). The lowest BCUT2D eigenvalue weighted by molar-refractivity contribution is -0.136. The zero-order chi connectivity index (χ0) is 14.8. The number of carbonyl (C=O) groups is 1. The molecule has 0 heterocycles. The summed E-state index contributed by atoms with van der Waals surface area (Å²) < 4.78 is 4.63. The van der Waals surface area contributed by atoms with Crippen molar-refractivity contribution in [2.24, 2.45) is 0 Å². The molecule has 0 aromatic heterocycles. The van der Waals surface area contributed by atoms with Gasteiger partial charge in [-0.3, -0.25) is 0 Å². The van der Waals surface area contributed by atoms with Crippen LogP contribution in [0, 0.1) is 0 Å². The summed E-state index contributed by atoms with van der Waals surface area (Å²) in [6.45, 7) is 4.37. The number of nitrogens with zero attached hydrogens (tertiary/aromatic N) is 1. The second kappa shape index (κ2) is 9.15. The van der Waals surface area contributed by atoms with Crippen LogP contribution in [0.5, 0.6) is 0 Å². The molecule has 0 fully saturated rings. The summed E-state index contributed by atoms with van der Waals surface area (Å²) in [7, 11) is 3.49. The largest absolute Gasteiger partial charge is 0.466 e. The normalized spacial score (nSPS) is 11.2. The molecule has 20 heavy (non-hydrogen) atoms. The van der Waals surface area contributed by atoms with Gasteiger partial charge in [0, 0.05) is 31.4 Å². The van der Waals surface area contributed by atoms with Crippen molar-refractivity contribution in [2.45, 2.75) is 13.3 Å². The van der Waals surface area contributed by atoms with Crippen molar-refractivity contribution in [1.82, 2.24) is 5.32 Å². The topological polar surface area (TPSA) is 41.6 Å². The molecule has 0 saturated heterocycles. The van der Waals surface area contributed by atoms with Crippen LogP contribution in [0.25, 0.3) is 0 Å². The second-order valence-electron chi connectivity index (χ2n) is 4.69. The number of para-hydroxylation sites is 1. The van der Waals surface area contributed by atoms with Gasteiger partial charge in [0.2, 0.25) is 0 Å². The fourth-order valence-electron chi connectivity index (χ4n) is 1.82. The van der Waals surface area contributed by atoms with E-state index in [0.717, 1.165) is 19.5 Å². The summed E-state index contributed by atoms with van der Waals surface area (Å²) in [5, 5.41) is 3.29. The number of benzene rings is 1. The Bertz CT molecular complexity index is 429. The lowest BCUT2D eigenvalue weighted by Gasteiger charge is -2.19. The minimum atomic E-state index is -0.268. The molecule has 0 atom stereocenters. The average molecular weight is 276 g/mol. The molecule has 1 aromatic carbocycles. The van der Waals surface area contributed by atoms with E-state index in [-0.39, 0.29) is 5.97 Å². The van der Waals surface area contributed by atoms with E-state index in [0.29, 0.717) is 12.1 Å². The van der Waals surface area contributed by atoms with Crippen molar-refractivity contribution in [3.63, 3.8) is 0 Å². The fourth-order valence-corrected chi connectivity index (χ4v) is 1.82. The van der Waals surface area contributed by atoms with Crippen LogP contribution < -0.4 is 10.2 Å². The van der Waals surface area contributed by atoms with Gasteiger partial charge in [-0.1, -0.05) is 24.3 Å². The van der Waals surface area contributed by atoms with Gasteiger partial charge in [-0.05, 0) is 32.0 Å². The van der Waals surface area contributed by atoms with Crippen LogP contribution in [-0.2, 0) is 9.53 Å². The van der Waals surface area contributed by atoms with Crippen LogP contribution in [0.2, 0.25) is 0 Å². The highest BCUT2D eigenvalue weighted by atomic mass is 16.5. The van der Waals surface area contributed by atoms with Gasteiger partial charge >= 0.3 is 5.97 Å². The smallest absolute Gasteiger partial charge is 0.333 e. The maximum Gasteiger partial charge on any atom is 0.333 e. The molecular weight excluding hydrogens is 252 g/mol. The standard InChI is InChI=1S/C16H24N2O2/c1-14(16(19)20-3)10-12-17-11-7-13-18(2)15-8-5-4-6-9-15/h4-6,8-10,17H,7,11-13H2,1-3H3/b14-10+. The molecule has 0 aliphatic rings. The minimum absolute atomic E-state index is 0.268. The van der Waals surface area contributed by atoms with Crippen LogP contribution in [0.15, 0.2) is 42.0 Å². The Morgan fingerprint density at radius 1 is 1.35 bits per heavy atom. The van der Waals surface area contributed by atoms with Gasteiger partial charge in [0.25, 0.3) is 0 Å². The van der Waals surface area contributed by atoms with Crippen LogP contribution >= 0.6 is 0 Å². The number of nitrogens with one attached hydrogen (secondary N) is 1. The van der Waals surface area contributed by atoms with Crippen LogP contribution in [0.1, 0.15) is 13.3 Å². The third-order valence-electron chi connectivity index (χ3n) is 3.10. The molecule has 0 unspecified atom stereocenters. The van der Waals surface area contributed by atoms with Crippen LogP contribution in [-0.4, -0.2) is 39.8 Å². The Morgan fingerprint density at radius 3 is 2.70 bits per heavy atom. The molecule has 0 bridgehead atoms.